The van der Waals surface area contributed by atoms with Crippen molar-refractivity contribution in [2.24, 2.45) is 0 Å². The zero-order valence-electron chi connectivity index (χ0n) is 12.4. The molecule has 2 saturated heterocycles. The molecule has 5 heteroatoms. The van der Waals surface area contributed by atoms with Crippen LogP contribution in [0.5, 0.6) is 0 Å². The molecule has 2 fully saturated rings. The molecule has 21 heavy (non-hydrogen) atoms. The Morgan fingerprint density at radius 2 is 2.10 bits per heavy atom. The molecule has 3 rings (SSSR count). The van der Waals surface area contributed by atoms with Gasteiger partial charge in [0.1, 0.15) is 0 Å². The van der Waals surface area contributed by atoms with Gasteiger partial charge in [0.15, 0.2) is 0 Å². The van der Waals surface area contributed by atoms with Crippen molar-refractivity contribution in [2.75, 3.05) is 28.7 Å². The predicted octanol–water partition coefficient (Wildman–Crippen LogP) is 3.11. The summed E-state index contributed by atoms with van der Waals surface area (Å²) in [6.07, 6.45) is 3.32. The van der Waals surface area contributed by atoms with E-state index in [1.54, 1.807) is 0 Å². The molecule has 0 saturated carbocycles. The van der Waals surface area contributed by atoms with Crippen molar-refractivity contribution in [1.82, 2.24) is 0 Å². The molecule has 2 aliphatic heterocycles. The van der Waals surface area contributed by atoms with E-state index in [0.717, 1.165) is 36.6 Å². The van der Waals surface area contributed by atoms with Crippen molar-refractivity contribution in [3.05, 3.63) is 24.3 Å². The lowest BCUT2D eigenvalue weighted by atomic mass is 9.90. The molecule has 2 heterocycles. The van der Waals surface area contributed by atoms with Crippen molar-refractivity contribution >= 4 is 29.0 Å². The molecule has 2 aliphatic rings. The molecule has 2 N–H and O–H groups in total. The summed E-state index contributed by atoms with van der Waals surface area (Å²) in [5.74, 6) is 2.31. The van der Waals surface area contributed by atoms with Crippen molar-refractivity contribution in [1.29, 1.82) is 0 Å². The number of nitrogens with one attached hydrogen (secondary N) is 2. The number of carbonyl (C=O) groups excluding carboxylic acids is 1. The first-order valence-electron chi connectivity index (χ1n) is 7.51. The number of hydrogen-bond donors (Lipinski definition) is 2. The Balaban J connectivity index is 1.59. The van der Waals surface area contributed by atoms with Crippen LogP contribution in [0.4, 0.5) is 11.4 Å². The summed E-state index contributed by atoms with van der Waals surface area (Å²) >= 11 is 2.00. The van der Waals surface area contributed by atoms with E-state index in [9.17, 15) is 4.79 Å². The molecular formula is C16H22N2O2S. The van der Waals surface area contributed by atoms with Gasteiger partial charge in [-0.3, -0.25) is 4.79 Å². The van der Waals surface area contributed by atoms with Crippen molar-refractivity contribution in [2.45, 2.75) is 37.8 Å². The highest BCUT2D eigenvalue weighted by atomic mass is 32.2. The summed E-state index contributed by atoms with van der Waals surface area (Å²) in [5.41, 5.74) is 2.05. The van der Waals surface area contributed by atoms with E-state index >= 15 is 0 Å². The molecule has 2 atom stereocenters. The van der Waals surface area contributed by atoms with Gasteiger partial charge in [0.2, 0.25) is 5.91 Å². The first-order chi connectivity index (χ1) is 10.2. The number of ether oxygens (including phenoxy) is 1. The van der Waals surface area contributed by atoms with Crippen LogP contribution in [0, 0.1) is 0 Å². The third-order valence-electron chi connectivity index (χ3n) is 4.14. The topological polar surface area (TPSA) is 50.4 Å². The van der Waals surface area contributed by atoms with E-state index in [0.29, 0.717) is 6.04 Å². The molecule has 1 aromatic carbocycles. The molecule has 114 valence electrons. The number of anilines is 2. The lowest BCUT2D eigenvalue weighted by Gasteiger charge is -2.38. The minimum atomic E-state index is -0.0409. The van der Waals surface area contributed by atoms with Crippen LogP contribution in [0.2, 0.25) is 0 Å². The highest BCUT2D eigenvalue weighted by Crippen LogP contribution is 2.38. The SMILES string of the molecule is CC(=O)Nc1ccc(NC2CCOC3(CCSC3)C2)cc1. The summed E-state index contributed by atoms with van der Waals surface area (Å²) in [4.78, 5) is 11.0. The Kier molecular flexibility index (Phi) is 4.40. The number of hydrogen-bond acceptors (Lipinski definition) is 4. The first-order valence-corrected chi connectivity index (χ1v) is 8.67. The van der Waals surface area contributed by atoms with Gasteiger partial charge in [-0.05, 0) is 49.3 Å². The fourth-order valence-corrected chi connectivity index (χ4v) is 4.48. The Bertz CT molecular complexity index is 498. The van der Waals surface area contributed by atoms with E-state index in [-0.39, 0.29) is 11.5 Å². The molecule has 1 spiro atoms. The minimum Gasteiger partial charge on any atom is -0.382 e. The molecule has 4 nitrogen and oxygen atoms in total. The van der Waals surface area contributed by atoms with Crippen molar-refractivity contribution in [3.63, 3.8) is 0 Å². The number of carbonyl (C=O) groups is 1. The molecular weight excluding hydrogens is 284 g/mol. The number of thioether (sulfide) groups is 1. The summed E-state index contributed by atoms with van der Waals surface area (Å²) < 4.78 is 6.05. The zero-order chi connectivity index (χ0) is 14.7. The third-order valence-corrected chi connectivity index (χ3v) is 5.36. The second-order valence-corrected chi connectivity index (χ2v) is 7.03. The zero-order valence-corrected chi connectivity index (χ0v) is 13.2. The average Bonchev–Trinajstić information content (AvgIpc) is 2.88. The van der Waals surface area contributed by atoms with Crippen LogP contribution in [0.1, 0.15) is 26.2 Å². The Labute approximate surface area is 130 Å². The van der Waals surface area contributed by atoms with Gasteiger partial charge in [0, 0.05) is 36.7 Å². The van der Waals surface area contributed by atoms with Crippen LogP contribution in [-0.2, 0) is 9.53 Å². The molecule has 0 bridgehead atoms. The standard InChI is InChI=1S/C16H22N2O2S/c1-12(19)17-13-2-4-14(5-3-13)18-15-6-8-20-16(10-15)7-9-21-11-16/h2-5,15,18H,6-11H2,1H3,(H,17,19). The highest BCUT2D eigenvalue weighted by Gasteiger charge is 2.40. The maximum absolute atomic E-state index is 11.0. The summed E-state index contributed by atoms with van der Waals surface area (Å²) in [5, 5.41) is 6.40. The number of rotatable bonds is 3. The predicted molar refractivity (Wildman–Crippen MR) is 88.0 cm³/mol. The van der Waals surface area contributed by atoms with E-state index < -0.39 is 0 Å². The summed E-state index contributed by atoms with van der Waals surface area (Å²) in [7, 11) is 0. The van der Waals surface area contributed by atoms with E-state index in [4.69, 9.17) is 4.74 Å². The Morgan fingerprint density at radius 3 is 2.76 bits per heavy atom. The van der Waals surface area contributed by atoms with E-state index in [1.165, 1.54) is 19.1 Å². The quantitative estimate of drug-likeness (QED) is 0.901. The normalized spacial score (nSPS) is 28.5. The van der Waals surface area contributed by atoms with Crippen LogP contribution < -0.4 is 10.6 Å². The lowest BCUT2D eigenvalue weighted by Crippen LogP contribution is -2.44. The Hall–Kier alpha value is -1.20. The molecule has 0 aromatic heterocycles. The van der Waals surface area contributed by atoms with Crippen LogP contribution in [0.3, 0.4) is 0 Å². The summed E-state index contributed by atoms with van der Waals surface area (Å²) in [6.45, 7) is 2.37. The number of amides is 1. The monoisotopic (exact) mass is 306 g/mol. The molecule has 0 aliphatic carbocycles. The number of benzene rings is 1. The average molecular weight is 306 g/mol. The fourth-order valence-electron chi connectivity index (χ4n) is 3.10. The van der Waals surface area contributed by atoms with Gasteiger partial charge < -0.3 is 15.4 Å². The third kappa shape index (κ3) is 3.71. The summed E-state index contributed by atoms with van der Waals surface area (Å²) in [6, 6.07) is 8.39. The largest absolute Gasteiger partial charge is 0.382 e. The fraction of sp³-hybridized carbons (Fsp3) is 0.562. The van der Waals surface area contributed by atoms with Gasteiger partial charge in [0.05, 0.1) is 5.60 Å². The Morgan fingerprint density at radius 1 is 1.33 bits per heavy atom. The van der Waals surface area contributed by atoms with E-state index in [2.05, 4.69) is 10.6 Å². The molecule has 1 aromatic rings. The van der Waals surface area contributed by atoms with Gasteiger partial charge in [-0.2, -0.15) is 11.8 Å². The van der Waals surface area contributed by atoms with Gasteiger partial charge in [-0.1, -0.05) is 0 Å². The minimum absolute atomic E-state index is 0.0409. The van der Waals surface area contributed by atoms with Crippen LogP contribution in [-0.4, -0.2) is 35.7 Å². The second-order valence-electron chi connectivity index (χ2n) is 5.93. The molecule has 0 radical (unpaired) electrons. The maximum atomic E-state index is 11.0. The lowest BCUT2D eigenvalue weighted by molar-refractivity contribution is -0.114. The van der Waals surface area contributed by atoms with Gasteiger partial charge >= 0.3 is 0 Å². The molecule has 1 amide bonds. The smallest absolute Gasteiger partial charge is 0.221 e. The second kappa shape index (κ2) is 6.28. The van der Waals surface area contributed by atoms with Crippen LogP contribution >= 0.6 is 11.8 Å². The highest BCUT2D eigenvalue weighted by molar-refractivity contribution is 7.99. The van der Waals surface area contributed by atoms with Gasteiger partial charge in [-0.15, -0.1) is 0 Å². The molecule has 2 unspecified atom stereocenters. The first kappa shape index (κ1) is 14.7. The van der Waals surface area contributed by atoms with Crippen molar-refractivity contribution < 1.29 is 9.53 Å². The van der Waals surface area contributed by atoms with Crippen LogP contribution in [0.25, 0.3) is 0 Å². The maximum Gasteiger partial charge on any atom is 0.221 e. The van der Waals surface area contributed by atoms with Crippen LogP contribution in [0.15, 0.2) is 24.3 Å². The van der Waals surface area contributed by atoms with Gasteiger partial charge in [0.25, 0.3) is 0 Å². The van der Waals surface area contributed by atoms with E-state index in [1.807, 2.05) is 36.0 Å². The van der Waals surface area contributed by atoms with Gasteiger partial charge in [-0.25, -0.2) is 0 Å². The van der Waals surface area contributed by atoms with Crippen molar-refractivity contribution in [3.8, 4) is 0 Å².